The minimum atomic E-state index is -2.92. The number of nitrogens with zero attached hydrogens (tertiary/aromatic N) is 1. The topological polar surface area (TPSA) is 165 Å². The van der Waals surface area contributed by atoms with Crippen LogP contribution in [0.3, 0.4) is 0 Å². The zero-order valence-corrected chi connectivity index (χ0v) is 13.3. The third-order valence-electron chi connectivity index (χ3n) is 3.83. The van der Waals surface area contributed by atoms with Gasteiger partial charge in [0.1, 0.15) is 0 Å². The molecule has 0 spiro atoms. The summed E-state index contributed by atoms with van der Waals surface area (Å²) in [6, 6.07) is 0. The van der Waals surface area contributed by atoms with Crippen molar-refractivity contribution in [3.05, 3.63) is 0 Å². The van der Waals surface area contributed by atoms with E-state index in [2.05, 4.69) is 33.4 Å². The number of hydrogen-bond acceptors (Lipinski definition) is 7. The van der Waals surface area contributed by atoms with Gasteiger partial charge < -0.3 is 31.4 Å². The highest BCUT2D eigenvalue weighted by atomic mass is 16.5. The molecule has 1 aliphatic rings. The number of aliphatic carboxylic acids is 1. The number of carboxylic acids is 1. The van der Waals surface area contributed by atoms with Crippen LogP contribution in [-0.2, 0) is 9.59 Å². The molecule has 2 unspecified atom stereocenters. The van der Waals surface area contributed by atoms with Crippen molar-refractivity contribution in [1.82, 2.24) is 5.06 Å². The Kier molecular flexibility index (Phi) is 6.49. The van der Waals surface area contributed by atoms with Crippen molar-refractivity contribution in [3.63, 3.8) is 0 Å². The fourth-order valence-electron chi connectivity index (χ4n) is 2.15. The number of carbonyl (C=O) groups is 2. The number of primary amides is 1. The second-order valence-electron chi connectivity index (χ2n) is 6.63. The molecule has 130 valence electrons. The van der Waals surface area contributed by atoms with E-state index in [1.165, 1.54) is 5.06 Å². The van der Waals surface area contributed by atoms with Crippen LogP contribution in [0.5, 0.6) is 0 Å². The fraction of sp³-hybridized carbons (Fsp3) is 0.846. The lowest BCUT2D eigenvalue weighted by Crippen LogP contribution is -2.57. The lowest BCUT2D eigenvalue weighted by molar-refractivity contribution is -0.191. The number of carboxylic acid groups (broad SMARTS) is 1. The molecule has 0 bridgehead atoms. The van der Waals surface area contributed by atoms with Gasteiger partial charge in [-0.25, -0.2) is 4.79 Å². The first-order valence-corrected chi connectivity index (χ1v) is 6.75. The van der Waals surface area contributed by atoms with E-state index in [-0.39, 0.29) is 11.1 Å². The second kappa shape index (κ2) is 6.88. The first-order valence-electron chi connectivity index (χ1n) is 6.75. The molecule has 0 radical (unpaired) electrons. The highest BCUT2D eigenvalue weighted by Crippen LogP contribution is 2.38. The number of amides is 1. The molecule has 1 amide bonds. The molecular formula is C13H26N2O7. The van der Waals surface area contributed by atoms with Crippen molar-refractivity contribution in [2.45, 2.75) is 63.3 Å². The van der Waals surface area contributed by atoms with Gasteiger partial charge in [0.2, 0.25) is 11.5 Å². The summed E-state index contributed by atoms with van der Waals surface area (Å²) in [4.78, 5) is 20.5. The number of hydroxylamine groups is 2. The van der Waals surface area contributed by atoms with Crippen LogP contribution < -0.4 is 5.73 Å². The fourth-order valence-corrected chi connectivity index (χ4v) is 2.15. The zero-order valence-electron chi connectivity index (χ0n) is 13.3. The van der Waals surface area contributed by atoms with E-state index < -0.39 is 30.2 Å². The van der Waals surface area contributed by atoms with E-state index in [4.69, 9.17) is 20.4 Å². The van der Waals surface area contributed by atoms with Crippen LogP contribution in [0, 0.1) is 0 Å². The molecule has 1 rings (SSSR count). The van der Waals surface area contributed by atoms with Crippen molar-refractivity contribution in [2.75, 3.05) is 6.61 Å². The number of carbonyl (C=O) groups excluding carboxylic acids is 1. The van der Waals surface area contributed by atoms with Gasteiger partial charge in [0.25, 0.3) is 0 Å². The molecule has 1 heterocycles. The lowest BCUT2D eigenvalue weighted by atomic mass is 9.97. The number of nitrogens with two attached hydrogens (primary N) is 1. The largest absolute Gasteiger partial charge is 0.479 e. The monoisotopic (exact) mass is 322 g/mol. The highest BCUT2D eigenvalue weighted by Gasteiger charge is 2.46. The smallest absolute Gasteiger partial charge is 0.341 e. The van der Waals surface area contributed by atoms with Crippen LogP contribution in [0.2, 0.25) is 0 Å². The molecule has 0 aromatic carbocycles. The summed E-state index contributed by atoms with van der Waals surface area (Å²) in [5, 5.41) is 45.4. The average molecular weight is 322 g/mol. The summed E-state index contributed by atoms with van der Waals surface area (Å²) in [7, 11) is 0. The quantitative estimate of drug-likeness (QED) is 0.370. The highest BCUT2D eigenvalue weighted by molar-refractivity contribution is 5.89. The van der Waals surface area contributed by atoms with Gasteiger partial charge in [-0.2, -0.15) is 5.06 Å². The molecule has 9 heteroatoms. The van der Waals surface area contributed by atoms with E-state index in [9.17, 15) is 14.8 Å². The Morgan fingerprint density at radius 2 is 1.59 bits per heavy atom. The van der Waals surface area contributed by atoms with Gasteiger partial charge in [0.15, 0.2) is 6.10 Å². The first-order chi connectivity index (χ1) is 9.72. The minimum Gasteiger partial charge on any atom is -0.479 e. The third-order valence-corrected chi connectivity index (χ3v) is 3.83. The Morgan fingerprint density at radius 1 is 1.23 bits per heavy atom. The van der Waals surface area contributed by atoms with Crippen molar-refractivity contribution in [3.8, 4) is 0 Å². The van der Waals surface area contributed by atoms with Gasteiger partial charge in [0, 0.05) is 11.1 Å². The molecule has 0 aromatic rings. The van der Waals surface area contributed by atoms with Crippen molar-refractivity contribution in [1.29, 1.82) is 0 Å². The summed E-state index contributed by atoms with van der Waals surface area (Å²) in [6.07, 6.45) is -0.174. The van der Waals surface area contributed by atoms with Crippen molar-refractivity contribution < 1.29 is 35.2 Å². The minimum absolute atomic E-state index is 0.0243. The van der Waals surface area contributed by atoms with Gasteiger partial charge in [-0.1, -0.05) is 0 Å². The summed E-state index contributed by atoms with van der Waals surface area (Å²) in [6.45, 7) is 6.99. The first kappa shape index (κ1) is 20.7. The van der Waals surface area contributed by atoms with E-state index in [1.54, 1.807) is 0 Å². The van der Waals surface area contributed by atoms with Crippen molar-refractivity contribution in [2.24, 2.45) is 5.73 Å². The van der Waals surface area contributed by atoms with E-state index in [1.807, 2.05) is 0 Å². The molecule has 1 saturated heterocycles. The Balaban J connectivity index is 0.000000406. The third kappa shape index (κ3) is 4.37. The van der Waals surface area contributed by atoms with E-state index >= 15 is 0 Å². The number of aliphatic hydroxyl groups is 3. The standard InChI is InChI=1S/C8H17NO.C5H9NO6/c1-7(2)5-6-8(3,4)9(7)10;6-3(9)2(8)5(12,1-7)4(10)11/h10H,5-6H2,1-4H3;2,7-8,12H,1H2,(H2,6,9)(H,10,11). The second-order valence-corrected chi connectivity index (χ2v) is 6.63. The van der Waals surface area contributed by atoms with Crippen LogP contribution in [0.1, 0.15) is 40.5 Å². The van der Waals surface area contributed by atoms with Gasteiger partial charge in [-0.15, -0.1) is 0 Å². The Morgan fingerprint density at radius 3 is 1.68 bits per heavy atom. The average Bonchev–Trinajstić information content (AvgIpc) is 2.60. The Bertz CT molecular complexity index is 409. The Hall–Kier alpha value is -1.26. The molecule has 0 aliphatic carbocycles. The van der Waals surface area contributed by atoms with Crippen LogP contribution in [-0.4, -0.2) is 72.0 Å². The van der Waals surface area contributed by atoms with Crippen LogP contribution in [0.4, 0.5) is 0 Å². The summed E-state index contributed by atoms with van der Waals surface area (Å²) in [5.41, 5.74) is 1.54. The molecule has 1 aliphatic heterocycles. The zero-order chi connectivity index (χ0) is 17.9. The van der Waals surface area contributed by atoms with Crippen LogP contribution in [0.15, 0.2) is 0 Å². The number of hydrogen-bond donors (Lipinski definition) is 6. The molecule has 7 N–H and O–H groups in total. The van der Waals surface area contributed by atoms with Crippen molar-refractivity contribution >= 4 is 11.9 Å². The molecule has 0 saturated carbocycles. The SMILES string of the molecule is CC1(C)CCC(C)(C)N1O.NC(=O)C(O)C(O)(CO)C(=O)O. The number of rotatable bonds is 4. The maximum atomic E-state index is 10.2. The van der Waals surface area contributed by atoms with E-state index in [0.717, 1.165) is 12.8 Å². The van der Waals surface area contributed by atoms with E-state index in [0.29, 0.717) is 0 Å². The maximum absolute atomic E-state index is 10.2. The lowest BCUT2D eigenvalue weighted by Gasteiger charge is -2.34. The summed E-state index contributed by atoms with van der Waals surface area (Å²) < 4.78 is 0. The molecule has 22 heavy (non-hydrogen) atoms. The van der Waals surface area contributed by atoms with Crippen LogP contribution in [0.25, 0.3) is 0 Å². The van der Waals surface area contributed by atoms with Crippen LogP contribution >= 0.6 is 0 Å². The molecule has 2 atom stereocenters. The summed E-state index contributed by atoms with van der Waals surface area (Å²) in [5.74, 6) is -3.34. The van der Waals surface area contributed by atoms with Gasteiger partial charge >= 0.3 is 5.97 Å². The van der Waals surface area contributed by atoms with Gasteiger partial charge in [-0.05, 0) is 40.5 Å². The molecular weight excluding hydrogens is 296 g/mol. The predicted octanol–water partition coefficient (Wildman–Crippen LogP) is -1.33. The predicted molar refractivity (Wildman–Crippen MR) is 75.9 cm³/mol. The maximum Gasteiger partial charge on any atom is 0.341 e. The Labute approximate surface area is 128 Å². The van der Waals surface area contributed by atoms with Gasteiger partial charge in [-0.3, -0.25) is 4.79 Å². The molecule has 9 nitrogen and oxygen atoms in total. The normalized spacial score (nSPS) is 23.8. The molecule has 1 fully saturated rings. The number of aliphatic hydroxyl groups excluding tert-OH is 2. The summed E-state index contributed by atoms with van der Waals surface area (Å²) >= 11 is 0. The van der Waals surface area contributed by atoms with Gasteiger partial charge in [0.05, 0.1) is 6.61 Å². The molecule has 0 aromatic heterocycles.